The van der Waals surface area contributed by atoms with Crippen LogP contribution in [0.2, 0.25) is 0 Å². The number of rotatable bonds is 3. The van der Waals surface area contributed by atoms with Gasteiger partial charge in [0.2, 0.25) is 0 Å². The lowest BCUT2D eigenvalue weighted by molar-refractivity contribution is 0.469. The number of phenols is 1. The van der Waals surface area contributed by atoms with E-state index in [9.17, 15) is 5.11 Å². The molecule has 0 amide bonds. The van der Waals surface area contributed by atoms with Crippen LogP contribution in [0.1, 0.15) is 37.4 Å². The Hall–Kier alpha value is -1.02. The van der Waals surface area contributed by atoms with Gasteiger partial charge in [0.1, 0.15) is 5.75 Å². The van der Waals surface area contributed by atoms with Gasteiger partial charge in [-0.25, -0.2) is 0 Å². The van der Waals surface area contributed by atoms with Crippen molar-refractivity contribution >= 4 is 0 Å². The molecule has 0 radical (unpaired) electrons. The lowest BCUT2D eigenvalue weighted by Gasteiger charge is -2.15. The van der Waals surface area contributed by atoms with Crippen LogP contribution in [-0.2, 0) is 0 Å². The van der Waals surface area contributed by atoms with E-state index in [1.165, 1.54) is 0 Å². The Morgan fingerprint density at radius 3 is 2.50 bits per heavy atom. The quantitative estimate of drug-likeness (QED) is 0.775. The Kier molecular flexibility index (Phi) is 3.53. The summed E-state index contributed by atoms with van der Waals surface area (Å²) in [7, 11) is 0. The summed E-state index contributed by atoms with van der Waals surface area (Å²) in [5, 5.41) is 9.37. The summed E-state index contributed by atoms with van der Waals surface area (Å²) in [6, 6.07) is 5.65. The summed E-state index contributed by atoms with van der Waals surface area (Å²) < 4.78 is 0. The molecule has 0 aliphatic rings. The van der Waals surface area contributed by atoms with Crippen LogP contribution >= 0.6 is 0 Å². The van der Waals surface area contributed by atoms with Crippen LogP contribution in [0, 0.1) is 12.8 Å². The molecule has 14 heavy (non-hydrogen) atoms. The summed E-state index contributed by atoms with van der Waals surface area (Å²) in [5.74, 6) is 0.935. The SMILES string of the molecule is Cc1cc([C@H](N)CC(C)C)ccc1O. The van der Waals surface area contributed by atoms with Crippen molar-refractivity contribution in [1.29, 1.82) is 0 Å². The maximum Gasteiger partial charge on any atom is 0.118 e. The molecule has 0 saturated carbocycles. The predicted molar refractivity (Wildman–Crippen MR) is 59.2 cm³/mol. The van der Waals surface area contributed by atoms with E-state index >= 15 is 0 Å². The maximum atomic E-state index is 9.37. The van der Waals surface area contributed by atoms with Crippen molar-refractivity contribution < 1.29 is 5.11 Å². The largest absolute Gasteiger partial charge is 0.508 e. The number of hydrogen-bond acceptors (Lipinski definition) is 2. The van der Waals surface area contributed by atoms with Gasteiger partial charge in [0, 0.05) is 6.04 Å². The average molecular weight is 193 g/mol. The van der Waals surface area contributed by atoms with Gasteiger partial charge >= 0.3 is 0 Å². The molecule has 0 aromatic heterocycles. The fraction of sp³-hybridized carbons (Fsp3) is 0.500. The smallest absolute Gasteiger partial charge is 0.118 e. The van der Waals surface area contributed by atoms with Crippen molar-refractivity contribution in [3.8, 4) is 5.75 Å². The van der Waals surface area contributed by atoms with E-state index in [1.807, 2.05) is 19.1 Å². The highest BCUT2D eigenvalue weighted by atomic mass is 16.3. The first-order chi connectivity index (χ1) is 6.50. The fourth-order valence-corrected chi connectivity index (χ4v) is 1.55. The van der Waals surface area contributed by atoms with Gasteiger partial charge in [0.05, 0.1) is 0 Å². The average Bonchev–Trinajstić information content (AvgIpc) is 2.08. The monoisotopic (exact) mass is 193 g/mol. The van der Waals surface area contributed by atoms with Crippen LogP contribution in [0.4, 0.5) is 0 Å². The minimum atomic E-state index is 0.0781. The van der Waals surface area contributed by atoms with Crippen molar-refractivity contribution in [3.05, 3.63) is 29.3 Å². The van der Waals surface area contributed by atoms with E-state index in [1.54, 1.807) is 6.07 Å². The molecule has 1 aromatic rings. The van der Waals surface area contributed by atoms with Crippen LogP contribution in [0.25, 0.3) is 0 Å². The first-order valence-electron chi connectivity index (χ1n) is 5.05. The van der Waals surface area contributed by atoms with Gasteiger partial charge in [-0.05, 0) is 36.5 Å². The van der Waals surface area contributed by atoms with E-state index in [0.29, 0.717) is 11.7 Å². The van der Waals surface area contributed by atoms with Crippen LogP contribution in [-0.4, -0.2) is 5.11 Å². The lowest BCUT2D eigenvalue weighted by atomic mass is 9.96. The van der Waals surface area contributed by atoms with Crippen molar-refractivity contribution in [2.75, 3.05) is 0 Å². The van der Waals surface area contributed by atoms with Crippen LogP contribution in [0.5, 0.6) is 5.75 Å². The standard InChI is InChI=1S/C12H19NO/c1-8(2)6-11(13)10-4-5-12(14)9(3)7-10/h4-5,7-8,11,14H,6,13H2,1-3H3/t11-/m1/s1. The second-order valence-corrected chi connectivity index (χ2v) is 4.28. The Bertz CT molecular complexity index is 307. The molecule has 3 N–H and O–H groups in total. The third kappa shape index (κ3) is 2.74. The first kappa shape index (κ1) is 11.1. The molecule has 0 bridgehead atoms. The minimum absolute atomic E-state index is 0.0781. The summed E-state index contributed by atoms with van der Waals surface area (Å²) in [6.45, 7) is 6.21. The highest BCUT2D eigenvalue weighted by Gasteiger charge is 2.09. The van der Waals surface area contributed by atoms with Gasteiger partial charge in [-0.15, -0.1) is 0 Å². The lowest BCUT2D eigenvalue weighted by Crippen LogP contribution is -2.12. The second kappa shape index (κ2) is 4.47. The number of benzene rings is 1. The molecule has 0 saturated heterocycles. The number of phenolic OH excluding ortho intramolecular Hbond substituents is 1. The van der Waals surface area contributed by atoms with E-state index in [4.69, 9.17) is 5.73 Å². The maximum absolute atomic E-state index is 9.37. The summed E-state index contributed by atoms with van der Waals surface area (Å²) >= 11 is 0. The molecule has 0 spiro atoms. The number of aromatic hydroxyl groups is 1. The third-order valence-electron chi connectivity index (χ3n) is 2.37. The molecular formula is C12H19NO. The molecule has 1 aromatic carbocycles. The number of aryl methyl sites for hydroxylation is 1. The topological polar surface area (TPSA) is 46.2 Å². The Morgan fingerprint density at radius 1 is 1.36 bits per heavy atom. The Labute approximate surface area is 85.8 Å². The van der Waals surface area contributed by atoms with E-state index in [0.717, 1.165) is 17.5 Å². The molecule has 1 rings (SSSR count). The molecule has 2 nitrogen and oxygen atoms in total. The van der Waals surface area contributed by atoms with Gasteiger partial charge in [-0.1, -0.05) is 26.0 Å². The van der Waals surface area contributed by atoms with Crippen molar-refractivity contribution in [3.63, 3.8) is 0 Å². The van der Waals surface area contributed by atoms with E-state index < -0.39 is 0 Å². The molecule has 0 aliphatic heterocycles. The Morgan fingerprint density at radius 2 is 2.00 bits per heavy atom. The normalized spacial score (nSPS) is 13.2. The second-order valence-electron chi connectivity index (χ2n) is 4.28. The van der Waals surface area contributed by atoms with Gasteiger partial charge < -0.3 is 10.8 Å². The first-order valence-corrected chi connectivity index (χ1v) is 5.05. The zero-order chi connectivity index (χ0) is 10.7. The van der Waals surface area contributed by atoms with Crippen LogP contribution in [0.3, 0.4) is 0 Å². The molecule has 0 fully saturated rings. The van der Waals surface area contributed by atoms with Crippen molar-refractivity contribution in [2.24, 2.45) is 11.7 Å². The molecule has 0 heterocycles. The Balaban J connectivity index is 2.80. The highest BCUT2D eigenvalue weighted by Crippen LogP contribution is 2.23. The summed E-state index contributed by atoms with van der Waals surface area (Å²) in [4.78, 5) is 0. The number of hydrogen-bond donors (Lipinski definition) is 2. The van der Waals surface area contributed by atoms with Crippen LogP contribution in [0.15, 0.2) is 18.2 Å². The number of nitrogens with two attached hydrogens (primary N) is 1. The zero-order valence-electron chi connectivity index (χ0n) is 9.12. The molecular weight excluding hydrogens is 174 g/mol. The minimum Gasteiger partial charge on any atom is -0.508 e. The molecule has 0 aliphatic carbocycles. The molecule has 78 valence electrons. The van der Waals surface area contributed by atoms with Gasteiger partial charge in [0.25, 0.3) is 0 Å². The molecule has 0 unspecified atom stereocenters. The molecule has 2 heteroatoms. The van der Waals surface area contributed by atoms with Gasteiger partial charge in [-0.2, -0.15) is 0 Å². The van der Waals surface area contributed by atoms with Crippen molar-refractivity contribution in [1.82, 2.24) is 0 Å². The highest BCUT2D eigenvalue weighted by molar-refractivity contribution is 5.36. The van der Waals surface area contributed by atoms with E-state index in [-0.39, 0.29) is 6.04 Å². The van der Waals surface area contributed by atoms with Gasteiger partial charge in [0.15, 0.2) is 0 Å². The van der Waals surface area contributed by atoms with Crippen LogP contribution < -0.4 is 5.73 Å². The molecule has 1 atom stereocenters. The van der Waals surface area contributed by atoms with Gasteiger partial charge in [-0.3, -0.25) is 0 Å². The zero-order valence-corrected chi connectivity index (χ0v) is 9.12. The predicted octanol–water partition coefficient (Wildman–Crippen LogP) is 2.75. The fourth-order valence-electron chi connectivity index (χ4n) is 1.55. The third-order valence-corrected chi connectivity index (χ3v) is 2.37. The summed E-state index contributed by atoms with van der Waals surface area (Å²) in [6.07, 6.45) is 0.976. The van der Waals surface area contributed by atoms with Crippen molar-refractivity contribution in [2.45, 2.75) is 33.2 Å². The van der Waals surface area contributed by atoms with E-state index in [2.05, 4.69) is 13.8 Å². The summed E-state index contributed by atoms with van der Waals surface area (Å²) in [5.41, 5.74) is 8.03.